The summed E-state index contributed by atoms with van der Waals surface area (Å²) in [5, 5.41) is 12.5. The van der Waals surface area contributed by atoms with Gasteiger partial charge in [-0.3, -0.25) is 10.1 Å². The van der Waals surface area contributed by atoms with Gasteiger partial charge in [-0.05, 0) is 37.5 Å². The Morgan fingerprint density at radius 3 is 2.76 bits per heavy atom. The Kier molecular flexibility index (Phi) is 3.35. The number of carboxylic acids is 1. The molecule has 2 rings (SSSR count). The summed E-state index contributed by atoms with van der Waals surface area (Å²) in [7, 11) is 0. The number of aliphatic carboxylic acids is 1. The van der Waals surface area contributed by atoms with E-state index in [-0.39, 0.29) is 12.4 Å². The second-order valence-corrected chi connectivity index (χ2v) is 4.77. The van der Waals surface area contributed by atoms with Crippen LogP contribution in [0.1, 0.15) is 24.8 Å². The lowest BCUT2D eigenvalue weighted by Gasteiger charge is -2.38. The highest BCUT2D eigenvalue weighted by atomic mass is 35.5. The molecule has 0 aromatic heterocycles. The average Bonchev–Trinajstić information content (AvgIpc) is 2.21. The smallest absolute Gasteiger partial charge is 0.323 e. The minimum absolute atomic E-state index is 0.179. The molecule has 0 saturated heterocycles. The maximum Gasteiger partial charge on any atom is 0.323 e. The molecule has 1 aliphatic carbocycles. The Labute approximate surface area is 104 Å². The molecule has 0 unspecified atom stereocenters. The molecule has 0 radical (unpaired) electrons. The number of halogens is 2. The summed E-state index contributed by atoms with van der Waals surface area (Å²) in [5.41, 5.74) is -0.487. The molecule has 0 atom stereocenters. The SMILES string of the molecule is O=C(O)C1(NCc2cc(Cl)ccc2F)CCC1. The van der Waals surface area contributed by atoms with Crippen molar-refractivity contribution < 1.29 is 14.3 Å². The van der Waals surface area contributed by atoms with Gasteiger partial charge in [0.25, 0.3) is 0 Å². The highest BCUT2D eigenvalue weighted by molar-refractivity contribution is 6.30. The summed E-state index contributed by atoms with van der Waals surface area (Å²) in [6, 6.07) is 4.27. The van der Waals surface area contributed by atoms with Gasteiger partial charge >= 0.3 is 5.97 Å². The molecule has 92 valence electrons. The highest BCUT2D eigenvalue weighted by Crippen LogP contribution is 2.32. The van der Waals surface area contributed by atoms with Crippen LogP contribution in [0.3, 0.4) is 0 Å². The molecular weight excluding hydrogens is 245 g/mol. The molecule has 17 heavy (non-hydrogen) atoms. The van der Waals surface area contributed by atoms with Gasteiger partial charge in [0, 0.05) is 17.1 Å². The van der Waals surface area contributed by atoms with E-state index in [1.807, 2.05) is 0 Å². The van der Waals surface area contributed by atoms with E-state index in [1.165, 1.54) is 18.2 Å². The third-order valence-corrected chi connectivity index (χ3v) is 3.48. The van der Waals surface area contributed by atoms with E-state index in [4.69, 9.17) is 16.7 Å². The molecule has 3 nitrogen and oxygen atoms in total. The summed E-state index contributed by atoms with van der Waals surface area (Å²) >= 11 is 5.77. The van der Waals surface area contributed by atoms with Crippen LogP contribution in [0.4, 0.5) is 4.39 Å². The Hall–Kier alpha value is -1.13. The quantitative estimate of drug-likeness (QED) is 0.872. The molecule has 0 amide bonds. The zero-order valence-electron chi connectivity index (χ0n) is 9.17. The fourth-order valence-electron chi connectivity index (χ4n) is 1.94. The summed E-state index contributed by atoms with van der Waals surface area (Å²) in [6.07, 6.45) is 2.06. The standard InChI is InChI=1S/C12H13ClFNO2/c13-9-2-3-10(14)8(6-9)7-15-12(11(16)17)4-1-5-12/h2-3,6,15H,1,4-5,7H2,(H,16,17). The van der Waals surface area contributed by atoms with E-state index in [0.717, 1.165) is 6.42 Å². The molecule has 5 heteroatoms. The van der Waals surface area contributed by atoms with E-state index >= 15 is 0 Å². The highest BCUT2D eigenvalue weighted by Gasteiger charge is 2.43. The Morgan fingerprint density at radius 2 is 2.24 bits per heavy atom. The van der Waals surface area contributed by atoms with E-state index in [1.54, 1.807) is 0 Å². The molecule has 1 fully saturated rings. The van der Waals surface area contributed by atoms with Crippen LogP contribution in [-0.2, 0) is 11.3 Å². The maximum atomic E-state index is 13.4. The van der Waals surface area contributed by atoms with Gasteiger partial charge in [0.05, 0.1) is 0 Å². The fourth-order valence-corrected chi connectivity index (χ4v) is 2.13. The first kappa shape index (κ1) is 12.3. The monoisotopic (exact) mass is 257 g/mol. The molecule has 1 aromatic rings. The van der Waals surface area contributed by atoms with Crippen molar-refractivity contribution in [1.82, 2.24) is 5.32 Å². The molecule has 0 bridgehead atoms. The van der Waals surface area contributed by atoms with Crippen LogP contribution in [-0.4, -0.2) is 16.6 Å². The van der Waals surface area contributed by atoms with Gasteiger partial charge in [0.2, 0.25) is 0 Å². The molecule has 0 heterocycles. The molecule has 1 aliphatic rings. The van der Waals surface area contributed by atoms with E-state index < -0.39 is 11.5 Å². The van der Waals surface area contributed by atoms with Crippen LogP contribution in [0.5, 0.6) is 0 Å². The molecule has 1 saturated carbocycles. The van der Waals surface area contributed by atoms with Gasteiger partial charge in [-0.2, -0.15) is 0 Å². The number of nitrogens with one attached hydrogen (secondary N) is 1. The number of carboxylic acid groups (broad SMARTS) is 1. The minimum Gasteiger partial charge on any atom is -0.480 e. The van der Waals surface area contributed by atoms with Crippen molar-refractivity contribution in [2.24, 2.45) is 0 Å². The van der Waals surface area contributed by atoms with Crippen LogP contribution in [0, 0.1) is 5.82 Å². The fraction of sp³-hybridized carbons (Fsp3) is 0.417. The third kappa shape index (κ3) is 2.42. The van der Waals surface area contributed by atoms with Crippen LogP contribution in [0.25, 0.3) is 0 Å². The normalized spacial score (nSPS) is 17.5. The minimum atomic E-state index is -0.880. The summed E-state index contributed by atoms with van der Waals surface area (Å²) in [5.74, 6) is -1.24. The number of carbonyl (C=O) groups is 1. The topological polar surface area (TPSA) is 49.3 Å². The molecule has 0 aliphatic heterocycles. The summed E-state index contributed by atoms with van der Waals surface area (Å²) < 4.78 is 13.4. The number of hydrogen-bond acceptors (Lipinski definition) is 2. The number of rotatable bonds is 4. The molecule has 2 N–H and O–H groups in total. The van der Waals surface area contributed by atoms with Crippen molar-refractivity contribution >= 4 is 17.6 Å². The van der Waals surface area contributed by atoms with Crippen LogP contribution < -0.4 is 5.32 Å². The molecule has 1 aromatic carbocycles. The van der Waals surface area contributed by atoms with Crippen molar-refractivity contribution in [1.29, 1.82) is 0 Å². The lowest BCUT2D eigenvalue weighted by molar-refractivity contribution is -0.148. The lowest BCUT2D eigenvalue weighted by Crippen LogP contribution is -2.56. The van der Waals surface area contributed by atoms with Gasteiger partial charge in [-0.15, -0.1) is 0 Å². The predicted molar refractivity (Wildman–Crippen MR) is 62.5 cm³/mol. The zero-order valence-corrected chi connectivity index (χ0v) is 9.93. The second-order valence-electron chi connectivity index (χ2n) is 4.33. The Bertz CT molecular complexity index is 446. The Balaban J connectivity index is 2.07. The molecular formula is C12H13ClFNO2. The van der Waals surface area contributed by atoms with Gasteiger partial charge in [-0.1, -0.05) is 11.6 Å². The predicted octanol–water partition coefficient (Wildman–Crippen LogP) is 2.58. The van der Waals surface area contributed by atoms with Crippen molar-refractivity contribution in [2.75, 3.05) is 0 Å². The van der Waals surface area contributed by atoms with Gasteiger partial charge < -0.3 is 5.11 Å². The largest absolute Gasteiger partial charge is 0.480 e. The first-order valence-electron chi connectivity index (χ1n) is 5.46. The van der Waals surface area contributed by atoms with Crippen LogP contribution in [0.2, 0.25) is 5.02 Å². The van der Waals surface area contributed by atoms with Crippen molar-refractivity contribution in [3.8, 4) is 0 Å². The summed E-state index contributed by atoms with van der Waals surface area (Å²) in [4.78, 5) is 11.1. The second kappa shape index (κ2) is 4.63. The first-order valence-corrected chi connectivity index (χ1v) is 5.84. The zero-order chi connectivity index (χ0) is 12.5. The van der Waals surface area contributed by atoms with E-state index in [0.29, 0.717) is 23.4 Å². The van der Waals surface area contributed by atoms with E-state index in [9.17, 15) is 9.18 Å². The van der Waals surface area contributed by atoms with Gasteiger partial charge in [0.15, 0.2) is 0 Å². The van der Waals surface area contributed by atoms with E-state index in [2.05, 4.69) is 5.32 Å². The van der Waals surface area contributed by atoms with Crippen molar-refractivity contribution in [3.05, 3.63) is 34.6 Å². The average molecular weight is 258 g/mol. The lowest BCUT2D eigenvalue weighted by atomic mass is 9.76. The maximum absolute atomic E-state index is 13.4. The Morgan fingerprint density at radius 1 is 1.53 bits per heavy atom. The van der Waals surface area contributed by atoms with Gasteiger partial charge in [-0.25, -0.2) is 4.39 Å². The first-order chi connectivity index (χ1) is 8.03. The van der Waals surface area contributed by atoms with Crippen LogP contribution >= 0.6 is 11.6 Å². The third-order valence-electron chi connectivity index (χ3n) is 3.24. The number of hydrogen-bond donors (Lipinski definition) is 2. The number of benzene rings is 1. The van der Waals surface area contributed by atoms with Crippen LogP contribution in [0.15, 0.2) is 18.2 Å². The van der Waals surface area contributed by atoms with Crippen molar-refractivity contribution in [2.45, 2.75) is 31.3 Å². The van der Waals surface area contributed by atoms with Crippen molar-refractivity contribution in [3.63, 3.8) is 0 Å². The summed E-state index contributed by atoms with van der Waals surface area (Å²) in [6.45, 7) is 0.179. The molecule has 0 spiro atoms. The van der Waals surface area contributed by atoms with Gasteiger partial charge in [0.1, 0.15) is 11.4 Å².